The van der Waals surface area contributed by atoms with Crippen LogP contribution in [0.5, 0.6) is 0 Å². The highest BCUT2D eigenvalue weighted by molar-refractivity contribution is 8.00. The van der Waals surface area contributed by atoms with E-state index in [-0.39, 0.29) is 0 Å². The van der Waals surface area contributed by atoms with Crippen molar-refractivity contribution in [2.45, 2.75) is 55.2 Å². The van der Waals surface area contributed by atoms with Gasteiger partial charge in [0.05, 0.1) is 0 Å². The van der Waals surface area contributed by atoms with Crippen molar-refractivity contribution in [1.29, 1.82) is 0 Å². The van der Waals surface area contributed by atoms with E-state index in [4.69, 9.17) is 0 Å². The van der Waals surface area contributed by atoms with Crippen molar-refractivity contribution < 1.29 is 0 Å². The Kier molecular flexibility index (Phi) is 3.44. The number of fused-ring (bicyclic) bond motifs is 1. The van der Waals surface area contributed by atoms with Crippen LogP contribution < -0.4 is 5.32 Å². The van der Waals surface area contributed by atoms with Gasteiger partial charge in [-0.1, -0.05) is 25.5 Å². The van der Waals surface area contributed by atoms with Gasteiger partial charge in [0.15, 0.2) is 0 Å². The van der Waals surface area contributed by atoms with Crippen LogP contribution in [0, 0.1) is 0 Å². The summed E-state index contributed by atoms with van der Waals surface area (Å²) >= 11 is 2.05. The third-order valence-corrected chi connectivity index (χ3v) is 5.06. The summed E-state index contributed by atoms with van der Waals surface area (Å²) in [5, 5.41) is 4.41. The van der Waals surface area contributed by atoms with Crippen LogP contribution >= 0.6 is 11.8 Å². The van der Waals surface area contributed by atoms with Crippen LogP contribution in [0.2, 0.25) is 0 Å². The molecular formula is C15H21NS. The highest BCUT2D eigenvalue weighted by Crippen LogP contribution is 2.37. The number of thioether (sulfide) groups is 1. The van der Waals surface area contributed by atoms with E-state index in [0.717, 1.165) is 5.25 Å². The zero-order valence-corrected chi connectivity index (χ0v) is 11.4. The van der Waals surface area contributed by atoms with Gasteiger partial charge in [0.2, 0.25) is 0 Å². The quantitative estimate of drug-likeness (QED) is 0.859. The number of nitrogens with one attached hydrogen (secondary N) is 1. The van der Waals surface area contributed by atoms with Gasteiger partial charge in [0, 0.05) is 16.2 Å². The molecule has 0 saturated carbocycles. The number of hydrogen-bond acceptors (Lipinski definition) is 2. The van der Waals surface area contributed by atoms with E-state index in [9.17, 15) is 0 Å². The fourth-order valence-electron chi connectivity index (χ4n) is 2.96. The van der Waals surface area contributed by atoms with Crippen LogP contribution in [0.3, 0.4) is 0 Å². The zero-order valence-electron chi connectivity index (χ0n) is 10.5. The first-order valence-electron chi connectivity index (χ1n) is 6.83. The van der Waals surface area contributed by atoms with Gasteiger partial charge in [-0.25, -0.2) is 0 Å². The first-order valence-corrected chi connectivity index (χ1v) is 7.71. The van der Waals surface area contributed by atoms with Gasteiger partial charge >= 0.3 is 0 Å². The molecule has 1 saturated heterocycles. The first-order chi connectivity index (χ1) is 8.31. The predicted molar refractivity (Wildman–Crippen MR) is 74.8 cm³/mol. The number of piperidine rings is 1. The van der Waals surface area contributed by atoms with E-state index >= 15 is 0 Å². The summed E-state index contributed by atoms with van der Waals surface area (Å²) in [4.78, 5) is 1.53. The molecule has 2 unspecified atom stereocenters. The van der Waals surface area contributed by atoms with E-state index < -0.39 is 0 Å². The molecule has 0 amide bonds. The molecule has 3 rings (SSSR count). The second kappa shape index (κ2) is 5.03. The fourth-order valence-corrected chi connectivity index (χ4v) is 4.17. The maximum Gasteiger partial charge on any atom is 0.0110 e. The van der Waals surface area contributed by atoms with Crippen molar-refractivity contribution in [3.8, 4) is 0 Å². The molecule has 2 heterocycles. The Morgan fingerprint density at radius 3 is 3.12 bits per heavy atom. The molecule has 0 radical (unpaired) electrons. The zero-order chi connectivity index (χ0) is 11.7. The Labute approximate surface area is 108 Å². The van der Waals surface area contributed by atoms with E-state index in [1.165, 1.54) is 49.1 Å². The molecule has 1 nitrogen and oxygen atoms in total. The highest BCUT2D eigenvalue weighted by Gasteiger charge is 2.19. The van der Waals surface area contributed by atoms with Gasteiger partial charge in [-0.3, -0.25) is 0 Å². The van der Waals surface area contributed by atoms with E-state index in [2.05, 4.69) is 30.4 Å². The summed E-state index contributed by atoms with van der Waals surface area (Å²) in [7, 11) is 0. The van der Waals surface area contributed by atoms with Crippen molar-refractivity contribution >= 4 is 11.8 Å². The number of hydrogen-bond donors (Lipinski definition) is 1. The van der Waals surface area contributed by atoms with Crippen LogP contribution in [-0.4, -0.2) is 17.8 Å². The minimum absolute atomic E-state index is 0.714. The first kappa shape index (κ1) is 11.6. The molecule has 0 bridgehead atoms. The minimum Gasteiger partial charge on any atom is -0.314 e. The lowest BCUT2D eigenvalue weighted by Gasteiger charge is -2.23. The SMILES string of the molecule is CC1Cc2ccc(CC3CCCCN3)cc2S1. The van der Waals surface area contributed by atoms with Gasteiger partial charge in [0.1, 0.15) is 0 Å². The third-order valence-electron chi connectivity index (χ3n) is 3.86. The normalized spacial score (nSPS) is 28.1. The van der Waals surface area contributed by atoms with Gasteiger partial charge in [-0.05, 0) is 49.4 Å². The third kappa shape index (κ3) is 2.69. The second-order valence-electron chi connectivity index (χ2n) is 5.43. The van der Waals surface area contributed by atoms with Crippen molar-refractivity contribution in [3.05, 3.63) is 29.3 Å². The average molecular weight is 247 g/mol. The van der Waals surface area contributed by atoms with Crippen molar-refractivity contribution in [2.24, 2.45) is 0 Å². The molecule has 2 aliphatic heterocycles. The molecule has 2 atom stereocenters. The van der Waals surface area contributed by atoms with E-state index in [0.29, 0.717) is 6.04 Å². The van der Waals surface area contributed by atoms with Crippen molar-refractivity contribution in [1.82, 2.24) is 5.32 Å². The molecule has 1 aromatic carbocycles. The largest absolute Gasteiger partial charge is 0.314 e. The van der Waals surface area contributed by atoms with E-state index in [1.807, 2.05) is 11.8 Å². The monoisotopic (exact) mass is 247 g/mol. The Balaban J connectivity index is 1.69. The smallest absolute Gasteiger partial charge is 0.0110 e. The molecular weight excluding hydrogens is 226 g/mol. The molecule has 1 fully saturated rings. The summed E-state index contributed by atoms with van der Waals surface area (Å²) in [6.45, 7) is 3.54. The van der Waals surface area contributed by atoms with Crippen molar-refractivity contribution in [3.63, 3.8) is 0 Å². The van der Waals surface area contributed by atoms with Crippen LogP contribution in [0.25, 0.3) is 0 Å². The highest BCUT2D eigenvalue weighted by atomic mass is 32.2. The topological polar surface area (TPSA) is 12.0 Å². The lowest BCUT2D eigenvalue weighted by molar-refractivity contribution is 0.399. The van der Waals surface area contributed by atoms with Crippen molar-refractivity contribution in [2.75, 3.05) is 6.54 Å². The van der Waals surface area contributed by atoms with Crippen LogP contribution in [0.15, 0.2) is 23.1 Å². The van der Waals surface area contributed by atoms with Gasteiger partial charge in [0.25, 0.3) is 0 Å². The van der Waals surface area contributed by atoms with Crippen LogP contribution in [0.1, 0.15) is 37.3 Å². The standard InChI is InChI=1S/C15H21NS/c1-11-8-13-6-5-12(10-15(13)17-11)9-14-4-2-3-7-16-14/h5-6,10-11,14,16H,2-4,7-9H2,1H3. The molecule has 1 N–H and O–H groups in total. The van der Waals surface area contributed by atoms with Crippen LogP contribution in [-0.2, 0) is 12.8 Å². The Morgan fingerprint density at radius 1 is 1.35 bits per heavy atom. The molecule has 0 spiro atoms. The molecule has 0 aliphatic carbocycles. The van der Waals surface area contributed by atoms with Gasteiger partial charge < -0.3 is 5.32 Å². The average Bonchev–Trinajstić information content (AvgIpc) is 2.70. The lowest BCUT2D eigenvalue weighted by Crippen LogP contribution is -2.35. The van der Waals surface area contributed by atoms with Gasteiger partial charge in [-0.2, -0.15) is 0 Å². The number of rotatable bonds is 2. The molecule has 0 aromatic heterocycles. The number of benzene rings is 1. The maximum absolute atomic E-state index is 3.64. The molecule has 92 valence electrons. The predicted octanol–water partition coefficient (Wildman–Crippen LogP) is 3.41. The molecule has 1 aromatic rings. The maximum atomic E-state index is 3.64. The summed E-state index contributed by atoms with van der Waals surface area (Å²) in [5.74, 6) is 0. The Morgan fingerprint density at radius 2 is 2.29 bits per heavy atom. The summed E-state index contributed by atoms with van der Waals surface area (Å²) in [5.41, 5.74) is 3.08. The lowest BCUT2D eigenvalue weighted by atomic mass is 9.97. The molecule has 2 aliphatic rings. The molecule has 17 heavy (non-hydrogen) atoms. The Hall–Kier alpha value is -0.470. The Bertz CT molecular complexity index is 396. The summed E-state index contributed by atoms with van der Waals surface area (Å²) < 4.78 is 0. The molecule has 2 heteroatoms. The fraction of sp³-hybridized carbons (Fsp3) is 0.600. The van der Waals surface area contributed by atoms with Crippen LogP contribution in [0.4, 0.5) is 0 Å². The van der Waals surface area contributed by atoms with Gasteiger partial charge in [-0.15, -0.1) is 11.8 Å². The summed E-state index contributed by atoms with van der Waals surface area (Å²) in [6.07, 6.45) is 6.56. The second-order valence-corrected chi connectivity index (χ2v) is 6.91. The van der Waals surface area contributed by atoms with E-state index in [1.54, 1.807) is 5.56 Å². The summed E-state index contributed by atoms with van der Waals surface area (Å²) in [6, 6.07) is 7.84. The minimum atomic E-state index is 0.714.